The minimum atomic E-state index is -0.999. The number of carboxylic acids is 1. The van der Waals surface area contributed by atoms with Gasteiger partial charge in [-0.2, -0.15) is 0 Å². The number of carbonyl (C=O) groups is 1. The first-order chi connectivity index (χ1) is 12.0. The van der Waals surface area contributed by atoms with Gasteiger partial charge in [0.25, 0.3) is 0 Å². The van der Waals surface area contributed by atoms with E-state index in [1.807, 2.05) is 25.3 Å². The number of aryl methyl sites for hydroxylation is 1. The molecule has 0 radical (unpaired) electrons. The molecule has 4 nitrogen and oxygen atoms in total. The molecule has 128 valence electrons. The lowest BCUT2D eigenvalue weighted by Crippen LogP contribution is -2.10. The first-order valence-electron chi connectivity index (χ1n) is 7.81. The third kappa shape index (κ3) is 3.40. The lowest BCUT2D eigenvalue weighted by atomic mass is 10.0. The third-order valence-electron chi connectivity index (χ3n) is 4.12. The zero-order valence-electron chi connectivity index (χ0n) is 14.0. The minimum Gasteiger partial charge on any atom is -0.497 e. The summed E-state index contributed by atoms with van der Waals surface area (Å²) in [7, 11) is 1.59. The van der Waals surface area contributed by atoms with Crippen molar-refractivity contribution in [1.29, 1.82) is 0 Å². The van der Waals surface area contributed by atoms with Gasteiger partial charge in [-0.1, -0.05) is 24.3 Å². The number of hydrogen-bond donors (Lipinski definition) is 1. The molecule has 0 atom stereocenters. The highest BCUT2D eigenvalue weighted by Gasteiger charge is 2.21. The van der Waals surface area contributed by atoms with Crippen LogP contribution in [-0.2, 0) is 6.54 Å². The first kappa shape index (κ1) is 16.8. The maximum absolute atomic E-state index is 13.1. The first-order valence-corrected chi connectivity index (χ1v) is 7.81. The van der Waals surface area contributed by atoms with Crippen LogP contribution < -0.4 is 4.74 Å². The van der Waals surface area contributed by atoms with Gasteiger partial charge in [0.05, 0.1) is 7.11 Å². The summed E-state index contributed by atoms with van der Waals surface area (Å²) in [6.07, 6.45) is 1.81. The number of halogens is 1. The zero-order chi connectivity index (χ0) is 18.0. The molecule has 0 bridgehead atoms. The van der Waals surface area contributed by atoms with Crippen LogP contribution >= 0.6 is 0 Å². The van der Waals surface area contributed by atoms with E-state index in [1.54, 1.807) is 35.9 Å². The van der Waals surface area contributed by atoms with Gasteiger partial charge in [-0.25, -0.2) is 9.18 Å². The van der Waals surface area contributed by atoms with Crippen molar-refractivity contribution >= 4 is 5.97 Å². The van der Waals surface area contributed by atoms with Crippen molar-refractivity contribution in [3.05, 3.63) is 77.4 Å². The molecular weight excluding hydrogens is 321 g/mol. The van der Waals surface area contributed by atoms with E-state index in [2.05, 4.69) is 0 Å². The molecule has 0 aliphatic heterocycles. The van der Waals surface area contributed by atoms with Crippen molar-refractivity contribution in [1.82, 2.24) is 4.57 Å². The molecule has 0 unspecified atom stereocenters. The number of rotatable bonds is 5. The number of aromatic carboxylic acids is 1. The SMILES string of the molecule is COc1ccc(-c2c(C)cn(Cc3ccc(F)cc3)c2C(=O)O)cc1. The van der Waals surface area contributed by atoms with Gasteiger partial charge in [0.15, 0.2) is 0 Å². The Labute approximate surface area is 145 Å². The lowest BCUT2D eigenvalue weighted by molar-refractivity contribution is 0.0686. The molecule has 0 amide bonds. The highest BCUT2D eigenvalue weighted by atomic mass is 19.1. The van der Waals surface area contributed by atoms with Crippen molar-refractivity contribution in [3.63, 3.8) is 0 Å². The standard InChI is InChI=1S/C20H18FNO3/c1-13-11-22(12-14-3-7-16(21)8-4-14)19(20(23)24)18(13)15-5-9-17(25-2)10-6-15/h3-11H,12H2,1-2H3,(H,23,24). The quantitative estimate of drug-likeness (QED) is 0.751. The molecule has 1 heterocycles. The topological polar surface area (TPSA) is 51.5 Å². The van der Waals surface area contributed by atoms with E-state index in [-0.39, 0.29) is 11.5 Å². The summed E-state index contributed by atoms with van der Waals surface area (Å²) >= 11 is 0. The molecule has 3 rings (SSSR count). The molecule has 0 saturated carbocycles. The van der Waals surface area contributed by atoms with Gasteiger partial charge in [-0.05, 0) is 47.9 Å². The maximum Gasteiger partial charge on any atom is 0.353 e. The monoisotopic (exact) mass is 339 g/mol. The fourth-order valence-electron chi connectivity index (χ4n) is 2.96. The van der Waals surface area contributed by atoms with Crippen LogP contribution in [0.2, 0.25) is 0 Å². The second-order valence-corrected chi connectivity index (χ2v) is 5.82. The molecule has 0 spiro atoms. The Morgan fingerprint density at radius 2 is 1.76 bits per heavy atom. The molecule has 0 fully saturated rings. The van der Waals surface area contributed by atoms with Crippen molar-refractivity contribution in [2.24, 2.45) is 0 Å². The summed E-state index contributed by atoms with van der Waals surface area (Å²) in [5.41, 5.74) is 3.41. The Kier molecular flexibility index (Phi) is 4.57. The van der Waals surface area contributed by atoms with Gasteiger partial charge >= 0.3 is 5.97 Å². The van der Waals surface area contributed by atoms with Gasteiger partial charge in [-0.3, -0.25) is 0 Å². The van der Waals surface area contributed by atoms with Gasteiger partial charge in [0.1, 0.15) is 17.3 Å². The van der Waals surface area contributed by atoms with Crippen LogP contribution in [0.25, 0.3) is 11.1 Å². The van der Waals surface area contributed by atoms with Crippen molar-refractivity contribution in [3.8, 4) is 16.9 Å². The van der Waals surface area contributed by atoms with Gasteiger partial charge < -0.3 is 14.4 Å². The van der Waals surface area contributed by atoms with Crippen molar-refractivity contribution in [2.45, 2.75) is 13.5 Å². The lowest BCUT2D eigenvalue weighted by Gasteiger charge is -2.09. The average Bonchev–Trinajstić information content (AvgIpc) is 2.93. The van der Waals surface area contributed by atoms with Crippen LogP contribution in [0.4, 0.5) is 4.39 Å². The van der Waals surface area contributed by atoms with Crippen molar-refractivity contribution < 1.29 is 19.0 Å². The smallest absolute Gasteiger partial charge is 0.353 e. The third-order valence-corrected chi connectivity index (χ3v) is 4.12. The Hall–Kier alpha value is -3.08. The van der Waals surface area contributed by atoms with Crippen molar-refractivity contribution in [2.75, 3.05) is 7.11 Å². The Bertz CT molecular complexity index is 896. The van der Waals surface area contributed by atoms with E-state index in [4.69, 9.17) is 4.74 Å². The summed E-state index contributed by atoms with van der Waals surface area (Å²) in [6, 6.07) is 13.3. The normalized spacial score (nSPS) is 10.7. The molecule has 0 saturated heterocycles. The van der Waals surface area contributed by atoms with Gasteiger partial charge in [-0.15, -0.1) is 0 Å². The molecule has 3 aromatic rings. The predicted octanol–water partition coefficient (Wildman–Crippen LogP) is 4.36. The molecule has 0 aliphatic carbocycles. The van der Waals surface area contributed by atoms with Crippen LogP contribution in [0.15, 0.2) is 54.7 Å². The van der Waals surface area contributed by atoms with E-state index in [0.29, 0.717) is 17.9 Å². The van der Waals surface area contributed by atoms with Gasteiger partial charge in [0.2, 0.25) is 0 Å². The average molecular weight is 339 g/mol. The summed E-state index contributed by atoms with van der Waals surface area (Å²) in [5, 5.41) is 9.74. The molecule has 1 N–H and O–H groups in total. The van der Waals surface area contributed by atoms with Gasteiger partial charge in [0, 0.05) is 18.3 Å². The van der Waals surface area contributed by atoms with E-state index in [1.165, 1.54) is 12.1 Å². The highest BCUT2D eigenvalue weighted by molar-refractivity contribution is 5.96. The molecule has 25 heavy (non-hydrogen) atoms. The largest absolute Gasteiger partial charge is 0.497 e. The van der Waals surface area contributed by atoms with E-state index < -0.39 is 5.97 Å². The van der Waals surface area contributed by atoms with Crippen LogP contribution in [0.1, 0.15) is 21.6 Å². The molecule has 0 aliphatic rings. The van der Waals surface area contributed by atoms with Crippen LogP contribution in [0.5, 0.6) is 5.75 Å². The number of nitrogens with zero attached hydrogens (tertiary/aromatic N) is 1. The Balaban J connectivity index is 2.05. The van der Waals surface area contributed by atoms with Crippen LogP contribution in [0.3, 0.4) is 0 Å². The second kappa shape index (κ2) is 6.81. The minimum absolute atomic E-state index is 0.215. The Morgan fingerprint density at radius 3 is 2.32 bits per heavy atom. The van der Waals surface area contributed by atoms with E-state index >= 15 is 0 Å². The molecular formula is C20H18FNO3. The maximum atomic E-state index is 13.1. The fraction of sp³-hybridized carbons (Fsp3) is 0.150. The second-order valence-electron chi connectivity index (χ2n) is 5.82. The molecule has 1 aromatic heterocycles. The predicted molar refractivity (Wildman–Crippen MR) is 93.6 cm³/mol. The van der Waals surface area contributed by atoms with Crippen LogP contribution in [-0.4, -0.2) is 22.8 Å². The summed E-state index contributed by atoms with van der Waals surface area (Å²) in [6.45, 7) is 2.24. The summed E-state index contributed by atoms with van der Waals surface area (Å²) in [4.78, 5) is 11.9. The molecule has 5 heteroatoms. The molecule has 2 aromatic carbocycles. The van der Waals surface area contributed by atoms with E-state index in [9.17, 15) is 14.3 Å². The summed E-state index contributed by atoms with van der Waals surface area (Å²) in [5.74, 6) is -0.602. The number of aromatic nitrogens is 1. The number of hydrogen-bond acceptors (Lipinski definition) is 2. The number of benzene rings is 2. The Morgan fingerprint density at radius 1 is 1.12 bits per heavy atom. The number of ether oxygens (including phenoxy) is 1. The zero-order valence-corrected chi connectivity index (χ0v) is 14.0. The fourth-order valence-corrected chi connectivity index (χ4v) is 2.96. The van der Waals surface area contributed by atoms with E-state index in [0.717, 1.165) is 16.7 Å². The van der Waals surface area contributed by atoms with Crippen LogP contribution in [0, 0.1) is 12.7 Å². The summed E-state index contributed by atoms with van der Waals surface area (Å²) < 4.78 is 19.9. The number of carboxylic acid groups (broad SMARTS) is 1. The highest BCUT2D eigenvalue weighted by Crippen LogP contribution is 2.31. The number of methoxy groups -OCH3 is 1.